The van der Waals surface area contributed by atoms with Crippen molar-refractivity contribution in [2.75, 3.05) is 20.8 Å². The van der Waals surface area contributed by atoms with Crippen molar-refractivity contribution in [3.05, 3.63) is 30.4 Å². The van der Waals surface area contributed by atoms with Gasteiger partial charge in [0.15, 0.2) is 11.5 Å². The summed E-state index contributed by atoms with van der Waals surface area (Å²) in [5.74, 6) is -0.472. The van der Waals surface area contributed by atoms with E-state index in [-0.39, 0.29) is 5.75 Å². The van der Waals surface area contributed by atoms with Crippen LogP contribution in [0.15, 0.2) is 30.4 Å². The first kappa shape index (κ1) is 16.6. The van der Waals surface area contributed by atoms with Gasteiger partial charge in [-0.05, 0) is 18.6 Å². The molecule has 0 saturated carbocycles. The molecule has 21 heavy (non-hydrogen) atoms. The van der Waals surface area contributed by atoms with Gasteiger partial charge in [-0.2, -0.15) is 0 Å². The van der Waals surface area contributed by atoms with E-state index in [2.05, 4.69) is 0 Å². The molecule has 0 aliphatic heterocycles. The molecular weight excluding hydrogens is 276 g/mol. The van der Waals surface area contributed by atoms with Crippen molar-refractivity contribution in [2.24, 2.45) is 0 Å². The van der Waals surface area contributed by atoms with Gasteiger partial charge in [0, 0.05) is 12.2 Å². The quantitative estimate of drug-likeness (QED) is 0.436. The van der Waals surface area contributed by atoms with Crippen molar-refractivity contribution in [2.45, 2.75) is 13.3 Å². The van der Waals surface area contributed by atoms with Crippen LogP contribution in [-0.4, -0.2) is 32.8 Å². The Labute approximate surface area is 123 Å². The van der Waals surface area contributed by atoms with Crippen LogP contribution in [0.3, 0.4) is 0 Å². The minimum absolute atomic E-state index is 0.152. The predicted octanol–water partition coefficient (Wildman–Crippen LogP) is 2.12. The Morgan fingerprint density at radius 2 is 1.62 bits per heavy atom. The zero-order chi connectivity index (χ0) is 15.7. The number of benzene rings is 1. The number of methoxy groups -OCH3 is 2. The molecule has 0 spiro atoms. The van der Waals surface area contributed by atoms with Gasteiger partial charge in [0.2, 0.25) is 5.75 Å². The van der Waals surface area contributed by atoms with Crippen LogP contribution < -0.4 is 14.2 Å². The fourth-order valence-electron chi connectivity index (χ4n) is 1.44. The summed E-state index contributed by atoms with van der Waals surface area (Å²) in [4.78, 5) is 22.9. The van der Waals surface area contributed by atoms with Crippen LogP contribution in [-0.2, 0) is 14.3 Å². The van der Waals surface area contributed by atoms with E-state index in [1.165, 1.54) is 14.2 Å². The van der Waals surface area contributed by atoms with Gasteiger partial charge in [-0.15, -0.1) is 0 Å². The van der Waals surface area contributed by atoms with Gasteiger partial charge in [0.25, 0.3) is 0 Å². The first-order chi connectivity index (χ1) is 10.1. The van der Waals surface area contributed by atoms with Crippen LogP contribution in [0.25, 0.3) is 0 Å². The summed E-state index contributed by atoms with van der Waals surface area (Å²) in [6.07, 6.45) is 2.71. The molecule has 0 bridgehead atoms. The molecule has 0 N–H and O–H groups in total. The lowest BCUT2D eigenvalue weighted by Crippen LogP contribution is -2.08. The Morgan fingerprint density at radius 3 is 2.14 bits per heavy atom. The molecule has 0 fully saturated rings. The zero-order valence-electron chi connectivity index (χ0n) is 12.3. The lowest BCUT2D eigenvalue weighted by molar-refractivity contribution is -0.138. The minimum Gasteiger partial charge on any atom is -0.493 e. The molecular formula is C15H18O6. The maximum Gasteiger partial charge on any atom is 0.336 e. The topological polar surface area (TPSA) is 71.1 Å². The van der Waals surface area contributed by atoms with E-state index in [4.69, 9.17) is 18.9 Å². The standard InChI is InChI=1S/C15H18O6/c1-4-10-20-13(16)8-9-14(17)21-15-11(18-2)6-5-7-12(15)19-3/h5-9H,4,10H2,1-3H3/b9-8+. The molecule has 1 aromatic rings. The van der Waals surface area contributed by atoms with E-state index in [0.717, 1.165) is 12.2 Å². The largest absolute Gasteiger partial charge is 0.493 e. The lowest BCUT2D eigenvalue weighted by Gasteiger charge is -2.11. The molecule has 0 atom stereocenters. The van der Waals surface area contributed by atoms with Crippen molar-refractivity contribution in [3.8, 4) is 17.2 Å². The number of para-hydroxylation sites is 1. The predicted molar refractivity (Wildman–Crippen MR) is 75.6 cm³/mol. The Morgan fingerprint density at radius 1 is 1.05 bits per heavy atom. The average molecular weight is 294 g/mol. The summed E-state index contributed by atoms with van der Waals surface area (Å²) < 4.78 is 20.1. The van der Waals surface area contributed by atoms with E-state index in [0.29, 0.717) is 24.5 Å². The van der Waals surface area contributed by atoms with Gasteiger partial charge in [0.1, 0.15) is 0 Å². The Kier molecular flexibility index (Phi) is 6.80. The second-order valence-electron chi connectivity index (χ2n) is 3.91. The maximum absolute atomic E-state index is 11.7. The Hall–Kier alpha value is -2.50. The van der Waals surface area contributed by atoms with Crippen molar-refractivity contribution in [1.82, 2.24) is 0 Å². The maximum atomic E-state index is 11.7. The number of hydrogen-bond acceptors (Lipinski definition) is 6. The van der Waals surface area contributed by atoms with Gasteiger partial charge in [-0.3, -0.25) is 0 Å². The van der Waals surface area contributed by atoms with E-state index in [1.807, 2.05) is 6.92 Å². The molecule has 0 saturated heterocycles. The van der Waals surface area contributed by atoms with Gasteiger partial charge < -0.3 is 18.9 Å². The molecule has 1 rings (SSSR count). The molecule has 1 aromatic carbocycles. The molecule has 6 heteroatoms. The third-order valence-electron chi connectivity index (χ3n) is 2.39. The number of esters is 2. The van der Waals surface area contributed by atoms with Gasteiger partial charge in [-0.1, -0.05) is 13.0 Å². The molecule has 0 aromatic heterocycles. The molecule has 0 amide bonds. The van der Waals surface area contributed by atoms with Crippen LogP contribution in [0.2, 0.25) is 0 Å². The summed E-state index contributed by atoms with van der Waals surface area (Å²) in [7, 11) is 2.90. The molecule has 0 heterocycles. The second-order valence-corrected chi connectivity index (χ2v) is 3.91. The van der Waals surface area contributed by atoms with E-state index >= 15 is 0 Å². The smallest absolute Gasteiger partial charge is 0.336 e. The fraction of sp³-hybridized carbons (Fsp3) is 0.333. The SMILES string of the molecule is CCCOC(=O)/C=C/C(=O)Oc1c(OC)cccc1OC. The summed E-state index contributed by atoms with van der Waals surface area (Å²) in [5, 5.41) is 0. The van der Waals surface area contributed by atoms with E-state index < -0.39 is 11.9 Å². The second kappa shape index (κ2) is 8.63. The first-order valence-corrected chi connectivity index (χ1v) is 6.40. The molecule has 0 aliphatic rings. The van der Waals surface area contributed by atoms with Crippen molar-refractivity contribution in [3.63, 3.8) is 0 Å². The lowest BCUT2D eigenvalue weighted by atomic mass is 10.3. The van der Waals surface area contributed by atoms with Crippen molar-refractivity contribution in [1.29, 1.82) is 0 Å². The van der Waals surface area contributed by atoms with Gasteiger partial charge in [-0.25, -0.2) is 9.59 Å². The number of rotatable bonds is 7. The van der Waals surface area contributed by atoms with Crippen molar-refractivity contribution < 1.29 is 28.5 Å². The normalized spacial score (nSPS) is 10.2. The van der Waals surface area contributed by atoms with Crippen molar-refractivity contribution >= 4 is 11.9 Å². The van der Waals surface area contributed by atoms with Crippen LogP contribution in [0.5, 0.6) is 17.2 Å². The fourth-order valence-corrected chi connectivity index (χ4v) is 1.44. The minimum atomic E-state index is -0.730. The molecule has 0 unspecified atom stereocenters. The third-order valence-corrected chi connectivity index (χ3v) is 2.39. The zero-order valence-corrected chi connectivity index (χ0v) is 12.3. The van der Waals surface area contributed by atoms with E-state index in [9.17, 15) is 9.59 Å². The van der Waals surface area contributed by atoms with Crippen LogP contribution in [0.4, 0.5) is 0 Å². The van der Waals surface area contributed by atoms with Crippen LogP contribution >= 0.6 is 0 Å². The first-order valence-electron chi connectivity index (χ1n) is 6.40. The average Bonchev–Trinajstić information content (AvgIpc) is 2.51. The number of hydrogen-bond donors (Lipinski definition) is 0. The van der Waals surface area contributed by atoms with Crippen LogP contribution in [0.1, 0.15) is 13.3 Å². The number of carbonyl (C=O) groups excluding carboxylic acids is 2. The van der Waals surface area contributed by atoms with Gasteiger partial charge in [0.05, 0.1) is 20.8 Å². The van der Waals surface area contributed by atoms with Gasteiger partial charge >= 0.3 is 11.9 Å². The highest BCUT2D eigenvalue weighted by molar-refractivity contribution is 5.93. The molecule has 0 aliphatic carbocycles. The Balaban J connectivity index is 2.75. The molecule has 114 valence electrons. The summed E-state index contributed by atoms with van der Waals surface area (Å²) >= 11 is 0. The summed E-state index contributed by atoms with van der Waals surface area (Å²) in [5.41, 5.74) is 0. The Bertz CT molecular complexity index is 499. The summed E-state index contributed by atoms with van der Waals surface area (Å²) in [6, 6.07) is 4.96. The monoisotopic (exact) mass is 294 g/mol. The highest BCUT2D eigenvalue weighted by Gasteiger charge is 2.14. The number of ether oxygens (including phenoxy) is 4. The molecule has 0 radical (unpaired) electrons. The highest BCUT2D eigenvalue weighted by Crippen LogP contribution is 2.36. The van der Waals surface area contributed by atoms with E-state index in [1.54, 1.807) is 18.2 Å². The number of carbonyl (C=O) groups is 2. The highest BCUT2D eigenvalue weighted by atomic mass is 16.6. The third kappa shape index (κ3) is 5.18. The summed E-state index contributed by atoms with van der Waals surface area (Å²) in [6.45, 7) is 2.18. The molecule has 6 nitrogen and oxygen atoms in total. The van der Waals surface area contributed by atoms with Crippen LogP contribution in [0, 0.1) is 0 Å².